The van der Waals surface area contributed by atoms with Crippen LogP contribution in [0.2, 0.25) is 0 Å². The van der Waals surface area contributed by atoms with Crippen LogP contribution in [0.1, 0.15) is 31.2 Å². The van der Waals surface area contributed by atoms with Crippen molar-refractivity contribution in [3.8, 4) is 11.1 Å². The first-order chi connectivity index (χ1) is 13.7. The van der Waals surface area contributed by atoms with Crippen molar-refractivity contribution in [2.24, 2.45) is 5.92 Å². The average molecular weight is 404 g/mol. The molecular formula is C23H27ClFNO2. The number of benzene rings is 2. The van der Waals surface area contributed by atoms with Crippen LogP contribution < -0.4 is 5.32 Å². The Hall–Kier alpha value is -1.46. The van der Waals surface area contributed by atoms with Crippen LogP contribution in [0.25, 0.3) is 11.1 Å². The predicted molar refractivity (Wildman–Crippen MR) is 110 cm³/mol. The van der Waals surface area contributed by atoms with Crippen LogP contribution in [0.5, 0.6) is 0 Å². The standard InChI is InChI=1S/C23H27ClFNO2/c24-28-23(19-8-4-5-9-19,22-16-26-12-13-27-22)15-18-14-20(25)10-11-21(18)17-6-2-1-3-7-17/h1-3,6-7,10-11,14,19,22,26H,4-5,8-9,12-13,15-16H2. The van der Waals surface area contributed by atoms with Crippen molar-refractivity contribution in [1.82, 2.24) is 5.32 Å². The van der Waals surface area contributed by atoms with Crippen LogP contribution in [0.4, 0.5) is 4.39 Å². The minimum Gasteiger partial charge on any atom is -0.372 e. The first kappa shape index (κ1) is 19.8. The molecule has 1 aliphatic heterocycles. The van der Waals surface area contributed by atoms with Gasteiger partial charge >= 0.3 is 0 Å². The van der Waals surface area contributed by atoms with Crippen molar-refractivity contribution in [2.45, 2.75) is 43.8 Å². The zero-order valence-corrected chi connectivity index (χ0v) is 16.8. The fourth-order valence-corrected chi connectivity index (χ4v) is 5.14. The highest BCUT2D eigenvalue weighted by molar-refractivity contribution is 6.07. The van der Waals surface area contributed by atoms with Gasteiger partial charge in [0.1, 0.15) is 17.5 Å². The van der Waals surface area contributed by atoms with Crippen LogP contribution in [-0.2, 0) is 15.4 Å². The summed E-state index contributed by atoms with van der Waals surface area (Å²) in [6.07, 6.45) is 4.82. The van der Waals surface area contributed by atoms with E-state index >= 15 is 0 Å². The molecule has 5 heteroatoms. The highest BCUT2D eigenvalue weighted by Gasteiger charge is 2.49. The molecule has 3 nitrogen and oxygen atoms in total. The Morgan fingerprint density at radius 1 is 1.14 bits per heavy atom. The van der Waals surface area contributed by atoms with Crippen molar-refractivity contribution < 1.29 is 13.4 Å². The molecule has 2 fully saturated rings. The molecule has 0 radical (unpaired) electrons. The molecule has 28 heavy (non-hydrogen) atoms. The summed E-state index contributed by atoms with van der Waals surface area (Å²) in [5, 5.41) is 3.40. The second-order valence-corrected chi connectivity index (χ2v) is 8.08. The molecule has 1 aliphatic carbocycles. The molecular weight excluding hydrogens is 377 g/mol. The van der Waals surface area contributed by atoms with Gasteiger partial charge in [-0.25, -0.2) is 4.39 Å². The zero-order chi connectivity index (χ0) is 19.4. The van der Waals surface area contributed by atoms with Crippen molar-refractivity contribution in [3.05, 3.63) is 59.9 Å². The third-order valence-corrected chi connectivity index (χ3v) is 6.57. The smallest absolute Gasteiger partial charge is 0.124 e. The van der Waals surface area contributed by atoms with Gasteiger partial charge in [0.25, 0.3) is 0 Å². The summed E-state index contributed by atoms with van der Waals surface area (Å²) >= 11 is 6.22. The highest BCUT2D eigenvalue weighted by Crippen LogP contribution is 2.44. The molecule has 0 amide bonds. The zero-order valence-electron chi connectivity index (χ0n) is 16.0. The van der Waals surface area contributed by atoms with Crippen LogP contribution >= 0.6 is 11.9 Å². The summed E-state index contributed by atoms with van der Waals surface area (Å²) in [5.74, 6) is 0.0500. The first-order valence-electron chi connectivity index (χ1n) is 10.2. The third-order valence-electron chi connectivity index (χ3n) is 6.28. The van der Waals surface area contributed by atoms with E-state index in [2.05, 4.69) is 5.32 Å². The number of nitrogens with one attached hydrogen (secondary N) is 1. The third kappa shape index (κ3) is 3.97. The normalized spacial score (nSPS) is 22.9. The van der Waals surface area contributed by atoms with Gasteiger partial charge in [-0.05, 0) is 47.6 Å². The molecule has 0 aromatic heterocycles. The van der Waals surface area contributed by atoms with Gasteiger partial charge in [-0.1, -0.05) is 49.2 Å². The average Bonchev–Trinajstić information content (AvgIpc) is 3.29. The summed E-state index contributed by atoms with van der Waals surface area (Å²) in [6.45, 7) is 2.15. The number of morpholine rings is 1. The van der Waals surface area contributed by atoms with Gasteiger partial charge in [-0.3, -0.25) is 4.29 Å². The molecule has 0 spiro atoms. The van der Waals surface area contributed by atoms with Gasteiger partial charge in [-0.15, -0.1) is 0 Å². The lowest BCUT2D eigenvalue weighted by Gasteiger charge is -2.44. The van der Waals surface area contributed by atoms with Crippen LogP contribution in [0.3, 0.4) is 0 Å². The largest absolute Gasteiger partial charge is 0.372 e. The molecule has 2 atom stereocenters. The van der Waals surface area contributed by atoms with E-state index in [0.717, 1.165) is 36.1 Å². The molecule has 4 rings (SSSR count). The molecule has 1 heterocycles. The van der Waals surface area contributed by atoms with Crippen LogP contribution in [0, 0.1) is 11.7 Å². The van der Waals surface area contributed by atoms with Gasteiger partial charge in [0.2, 0.25) is 0 Å². The lowest BCUT2D eigenvalue weighted by Crippen LogP contribution is -2.58. The van der Waals surface area contributed by atoms with E-state index in [4.69, 9.17) is 20.9 Å². The summed E-state index contributed by atoms with van der Waals surface area (Å²) < 4.78 is 26.2. The van der Waals surface area contributed by atoms with E-state index in [1.807, 2.05) is 36.4 Å². The second kappa shape index (κ2) is 8.91. The molecule has 1 saturated heterocycles. The molecule has 1 N–H and O–H groups in total. The summed E-state index contributed by atoms with van der Waals surface area (Å²) in [5.41, 5.74) is 2.31. The summed E-state index contributed by atoms with van der Waals surface area (Å²) in [4.78, 5) is 0. The lowest BCUT2D eigenvalue weighted by molar-refractivity contribution is -0.129. The molecule has 2 aliphatic rings. The summed E-state index contributed by atoms with van der Waals surface area (Å²) in [7, 11) is 0. The Balaban J connectivity index is 1.75. The van der Waals surface area contributed by atoms with Crippen molar-refractivity contribution >= 4 is 11.9 Å². The number of ether oxygens (including phenoxy) is 1. The van der Waals surface area contributed by atoms with E-state index in [9.17, 15) is 4.39 Å². The van der Waals surface area contributed by atoms with Gasteiger partial charge in [0, 0.05) is 19.5 Å². The quantitative estimate of drug-likeness (QED) is 0.725. The Labute approximate surface area is 171 Å². The Bertz CT molecular complexity index is 775. The molecule has 150 valence electrons. The lowest BCUT2D eigenvalue weighted by atomic mass is 9.75. The van der Waals surface area contributed by atoms with Crippen molar-refractivity contribution in [1.29, 1.82) is 0 Å². The van der Waals surface area contributed by atoms with Gasteiger partial charge < -0.3 is 10.1 Å². The number of halogens is 2. The SMILES string of the molecule is Fc1ccc(-c2ccccc2)c(CC(OCl)(C2CCCC2)C2CNCCO2)c1. The first-order valence-corrected chi connectivity index (χ1v) is 10.5. The van der Waals surface area contributed by atoms with E-state index in [1.54, 1.807) is 6.07 Å². The minimum absolute atomic E-state index is 0.159. The second-order valence-electron chi connectivity index (χ2n) is 7.92. The fraction of sp³-hybridized carbons (Fsp3) is 0.478. The maximum absolute atomic E-state index is 14.2. The predicted octanol–water partition coefficient (Wildman–Crippen LogP) is 5.12. The molecule has 2 aromatic carbocycles. The topological polar surface area (TPSA) is 30.5 Å². The van der Waals surface area contributed by atoms with Crippen molar-refractivity contribution in [2.75, 3.05) is 19.7 Å². The fourth-order valence-electron chi connectivity index (χ4n) is 4.86. The minimum atomic E-state index is -0.678. The molecule has 2 unspecified atom stereocenters. The number of hydrogen-bond acceptors (Lipinski definition) is 3. The maximum Gasteiger partial charge on any atom is 0.124 e. The van der Waals surface area contributed by atoms with Crippen LogP contribution in [0.15, 0.2) is 48.5 Å². The van der Waals surface area contributed by atoms with Gasteiger partial charge in [0.05, 0.1) is 18.5 Å². The molecule has 2 aromatic rings. The van der Waals surface area contributed by atoms with Gasteiger partial charge in [0.15, 0.2) is 0 Å². The highest BCUT2D eigenvalue weighted by atomic mass is 35.5. The molecule has 1 saturated carbocycles. The van der Waals surface area contributed by atoms with E-state index in [-0.39, 0.29) is 11.9 Å². The van der Waals surface area contributed by atoms with Crippen molar-refractivity contribution in [3.63, 3.8) is 0 Å². The Kier molecular flexibility index (Phi) is 6.32. The maximum atomic E-state index is 14.2. The Morgan fingerprint density at radius 3 is 2.61 bits per heavy atom. The van der Waals surface area contributed by atoms with Gasteiger partial charge in [-0.2, -0.15) is 0 Å². The molecule has 0 bridgehead atoms. The van der Waals surface area contributed by atoms with E-state index in [0.29, 0.717) is 25.5 Å². The number of rotatable bonds is 6. The number of hydrogen-bond donors (Lipinski definition) is 1. The summed E-state index contributed by atoms with van der Waals surface area (Å²) in [6, 6.07) is 15.1. The van der Waals surface area contributed by atoms with E-state index in [1.165, 1.54) is 18.9 Å². The van der Waals surface area contributed by atoms with Crippen LogP contribution in [-0.4, -0.2) is 31.4 Å². The Morgan fingerprint density at radius 2 is 1.93 bits per heavy atom. The monoisotopic (exact) mass is 403 g/mol. The van der Waals surface area contributed by atoms with E-state index < -0.39 is 5.60 Å².